The summed E-state index contributed by atoms with van der Waals surface area (Å²) in [7, 11) is 4.24. The zero-order valence-electron chi connectivity index (χ0n) is 13.2. The fourth-order valence-electron chi connectivity index (χ4n) is 3.04. The summed E-state index contributed by atoms with van der Waals surface area (Å²) >= 11 is 0. The molecule has 2 rings (SSSR count). The van der Waals surface area contributed by atoms with Gasteiger partial charge in [-0.1, -0.05) is 26.0 Å². The third kappa shape index (κ3) is 2.99. The van der Waals surface area contributed by atoms with Gasteiger partial charge in [-0.3, -0.25) is 0 Å². The molecule has 0 radical (unpaired) electrons. The molecule has 1 unspecified atom stereocenters. The molecule has 1 aliphatic rings. The second-order valence-electron chi connectivity index (χ2n) is 6.07. The Hall–Kier alpha value is -1.06. The van der Waals surface area contributed by atoms with Gasteiger partial charge in [0.05, 0.1) is 6.10 Å². The number of nitrogens with two attached hydrogens (primary N) is 1. The SMILES string of the molecule is CCC(CC)(C(N)c1ccc(OC2CC2)cc1)N(C)C. The molecule has 0 bridgehead atoms. The summed E-state index contributed by atoms with van der Waals surface area (Å²) in [6.07, 6.45) is 4.91. The van der Waals surface area contributed by atoms with Crippen LogP contribution in [0.1, 0.15) is 51.1 Å². The Balaban J connectivity index is 2.15. The quantitative estimate of drug-likeness (QED) is 0.830. The third-order valence-electron chi connectivity index (χ3n) is 4.76. The highest BCUT2D eigenvalue weighted by Gasteiger charge is 2.36. The van der Waals surface area contributed by atoms with Gasteiger partial charge in [0.25, 0.3) is 0 Å². The van der Waals surface area contributed by atoms with Crippen LogP contribution in [0, 0.1) is 0 Å². The van der Waals surface area contributed by atoms with Crippen LogP contribution < -0.4 is 10.5 Å². The minimum Gasteiger partial charge on any atom is -0.490 e. The van der Waals surface area contributed by atoms with E-state index in [-0.39, 0.29) is 11.6 Å². The summed E-state index contributed by atoms with van der Waals surface area (Å²) in [5.41, 5.74) is 7.78. The van der Waals surface area contributed by atoms with Crippen LogP contribution in [0.4, 0.5) is 0 Å². The lowest BCUT2D eigenvalue weighted by Crippen LogP contribution is -2.51. The number of rotatable bonds is 7. The van der Waals surface area contributed by atoms with Gasteiger partial charge in [-0.25, -0.2) is 0 Å². The number of nitrogens with zero attached hydrogens (tertiary/aromatic N) is 1. The van der Waals surface area contributed by atoms with E-state index < -0.39 is 0 Å². The first-order valence-electron chi connectivity index (χ1n) is 7.73. The van der Waals surface area contributed by atoms with Gasteiger partial charge in [0.15, 0.2) is 0 Å². The molecule has 1 fully saturated rings. The van der Waals surface area contributed by atoms with Crippen LogP contribution in [0.2, 0.25) is 0 Å². The zero-order valence-corrected chi connectivity index (χ0v) is 13.2. The van der Waals surface area contributed by atoms with Crippen LogP contribution in [0.3, 0.4) is 0 Å². The average Bonchev–Trinajstić information content (AvgIpc) is 3.25. The van der Waals surface area contributed by atoms with Crippen LogP contribution in [0.15, 0.2) is 24.3 Å². The molecular weight excluding hydrogens is 248 g/mol. The van der Waals surface area contributed by atoms with Gasteiger partial charge in [-0.05, 0) is 57.5 Å². The summed E-state index contributed by atoms with van der Waals surface area (Å²) in [6, 6.07) is 8.36. The van der Waals surface area contributed by atoms with E-state index >= 15 is 0 Å². The van der Waals surface area contributed by atoms with Crippen molar-refractivity contribution in [1.82, 2.24) is 4.90 Å². The fourth-order valence-corrected chi connectivity index (χ4v) is 3.04. The second-order valence-corrected chi connectivity index (χ2v) is 6.07. The first kappa shape index (κ1) is 15.3. The highest BCUT2D eigenvalue weighted by atomic mass is 16.5. The Morgan fingerprint density at radius 2 is 1.75 bits per heavy atom. The van der Waals surface area contributed by atoms with E-state index in [1.807, 2.05) is 0 Å². The van der Waals surface area contributed by atoms with E-state index in [1.165, 1.54) is 18.4 Å². The largest absolute Gasteiger partial charge is 0.490 e. The van der Waals surface area contributed by atoms with E-state index in [4.69, 9.17) is 10.5 Å². The van der Waals surface area contributed by atoms with Crippen LogP contribution >= 0.6 is 0 Å². The molecule has 1 aliphatic carbocycles. The molecule has 20 heavy (non-hydrogen) atoms. The van der Waals surface area contributed by atoms with Crippen molar-refractivity contribution in [2.45, 2.75) is 57.2 Å². The highest BCUT2D eigenvalue weighted by Crippen LogP contribution is 2.35. The maximum Gasteiger partial charge on any atom is 0.119 e. The number of likely N-dealkylation sites (N-methyl/N-ethyl adjacent to an activating group) is 1. The van der Waals surface area contributed by atoms with Gasteiger partial charge < -0.3 is 15.4 Å². The molecule has 3 nitrogen and oxygen atoms in total. The van der Waals surface area contributed by atoms with Gasteiger partial charge in [-0.2, -0.15) is 0 Å². The summed E-state index contributed by atoms with van der Waals surface area (Å²) in [6.45, 7) is 4.43. The van der Waals surface area contributed by atoms with Crippen molar-refractivity contribution in [2.75, 3.05) is 14.1 Å². The molecule has 0 amide bonds. The van der Waals surface area contributed by atoms with E-state index in [0.717, 1.165) is 18.6 Å². The first-order valence-corrected chi connectivity index (χ1v) is 7.73. The van der Waals surface area contributed by atoms with Crippen molar-refractivity contribution in [1.29, 1.82) is 0 Å². The monoisotopic (exact) mass is 276 g/mol. The molecule has 3 heteroatoms. The van der Waals surface area contributed by atoms with Crippen molar-refractivity contribution in [3.8, 4) is 5.75 Å². The van der Waals surface area contributed by atoms with E-state index in [9.17, 15) is 0 Å². The van der Waals surface area contributed by atoms with Crippen LogP contribution in [0.5, 0.6) is 5.75 Å². The van der Waals surface area contributed by atoms with Crippen molar-refractivity contribution >= 4 is 0 Å². The van der Waals surface area contributed by atoms with Gasteiger partial charge in [0.2, 0.25) is 0 Å². The third-order valence-corrected chi connectivity index (χ3v) is 4.76. The number of hydrogen-bond donors (Lipinski definition) is 1. The Labute approximate surface area is 123 Å². The maximum atomic E-state index is 6.58. The lowest BCUT2D eigenvalue weighted by molar-refractivity contribution is 0.106. The molecule has 2 N–H and O–H groups in total. The lowest BCUT2D eigenvalue weighted by Gasteiger charge is -2.43. The van der Waals surface area contributed by atoms with Crippen molar-refractivity contribution in [3.05, 3.63) is 29.8 Å². The maximum absolute atomic E-state index is 6.58. The number of benzene rings is 1. The average molecular weight is 276 g/mol. The normalized spacial score (nSPS) is 17.3. The minimum atomic E-state index is 0.0128. The Morgan fingerprint density at radius 3 is 2.15 bits per heavy atom. The standard InChI is InChI=1S/C17H28N2O/c1-5-17(6-2,19(3)4)16(18)13-7-9-14(10-8-13)20-15-11-12-15/h7-10,15-16H,5-6,11-12,18H2,1-4H3. The zero-order chi connectivity index (χ0) is 14.8. The van der Waals surface area contributed by atoms with Crippen LogP contribution in [-0.4, -0.2) is 30.6 Å². The Bertz CT molecular complexity index is 419. The molecule has 1 saturated carbocycles. The van der Waals surface area contributed by atoms with Crippen molar-refractivity contribution < 1.29 is 4.74 Å². The summed E-state index contributed by atoms with van der Waals surface area (Å²) in [5.74, 6) is 0.965. The van der Waals surface area contributed by atoms with Crippen molar-refractivity contribution in [3.63, 3.8) is 0 Å². The highest BCUT2D eigenvalue weighted by molar-refractivity contribution is 5.31. The van der Waals surface area contributed by atoms with Crippen molar-refractivity contribution in [2.24, 2.45) is 5.73 Å². The molecule has 0 saturated heterocycles. The van der Waals surface area contributed by atoms with Gasteiger partial charge >= 0.3 is 0 Å². The van der Waals surface area contributed by atoms with Gasteiger partial charge in [-0.15, -0.1) is 0 Å². The summed E-state index contributed by atoms with van der Waals surface area (Å²) < 4.78 is 5.79. The molecular formula is C17H28N2O. The minimum absolute atomic E-state index is 0.0128. The molecule has 0 heterocycles. The molecule has 1 aromatic rings. The second kappa shape index (κ2) is 6.15. The summed E-state index contributed by atoms with van der Waals surface area (Å²) in [4.78, 5) is 2.27. The molecule has 1 aromatic carbocycles. The molecule has 0 aliphatic heterocycles. The Morgan fingerprint density at radius 1 is 1.20 bits per heavy atom. The topological polar surface area (TPSA) is 38.5 Å². The first-order chi connectivity index (χ1) is 9.53. The van der Waals surface area contributed by atoms with Gasteiger partial charge in [0, 0.05) is 11.6 Å². The lowest BCUT2D eigenvalue weighted by atomic mass is 9.80. The van der Waals surface area contributed by atoms with E-state index in [2.05, 4.69) is 57.1 Å². The molecule has 0 aromatic heterocycles. The molecule has 0 spiro atoms. The van der Waals surface area contributed by atoms with Crippen LogP contribution in [-0.2, 0) is 0 Å². The van der Waals surface area contributed by atoms with Crippen LogP contribution in [0.25, 0.3) is 0 Å². The van der Waals surface area contributed by atoms with E-state index in [0.29, 0.717) is 6.10 Å². The molecule has 112 valence electrons. The number of hydrogen-bond acceptors (Lipinski definition) is 3. The summed E-state index contributed by atoms with van der Waals surface area (Å²) in [5, 5.41) is 0. The predicted octanol–water partition coefficient (Wildman–Crippen LogP) is 3.35. The van der Waals surface area contributed by atoms with Gasteiger partial charge in [0.1, 0.15) is 5.75 Å². The van der Waals surface area contributed by atoms with E-state index in [1.54, 1.807) is 0 Å². The number of ether oxygens (including phenoxy) is 1. The fraction of sp³-hybridized carbons (Fsp3) is 0.647. The molecule has 1 atom stereocenters. The Kier molecular flexibility index (Phi) is 4.71. The predicted molar refractivity (Wildman–Crippen MR) is 84.0 cm³/mol. The smallest absolute Gasteiger partial charge is 0.119 e.